The van der Waals surface area contributed by atoms with Gasteiger partial charge in [0.25, 0.3) is 11.8 Å². The SMILES string of the molecule is Cc1cc(NC(=O)[C@@H](O)c2cccc(C(F)(F)F)c2)ccc1-c1cnc(N)c(C(=O)NC(C)C)c1. The van der Waals surface area contributed by atoms with E-state index < -0.39 is 23.8 Å². The number of rotatable bonds is 6. The summed E-state index contributed by atoms with van der Waals surface area (Å²) in [6, 6.07) is 10.4. The molecule has 2 amide bonds. The van der Waals surface area contributed by atoms with Crippen LogP contribution in [0.15, 0.2) is 54.7 Å². The van der Waals surface area contributed by atoms with Gasteiger partial charge in [-0.15, -0.1) is 0 Å². The molecule has 5 N–H and O–H groups in total. The highest BCUT2D eigenvalue weighted by Gasteiger charge is 2.31. The molecule has 0 saturated carbocycles. The number of aliphatic hydroxyl groups is 1. The Morgan fingerprint density at radius 2 is 1.80 bits per heavy atom. The van der Waals surface area contributed by atoms with Gasteiger partial charge >= 0.3 is 6.18 Å². The average Bonchev–Trinajstić information content (AvgIpc) is 2.78. The van der Waals surface area contributed by atoms with Crippen molar-refractivity contribution in [2.24, 2.45) is 0 Å². The molecule has 7 nitrogen and oxygen atoms in total. The van der Waals surface area contributed by atoms with E-state index in [0.29, 0.717) is 11.3 Å². The third-order valence-corrected chi connectivity index (χ3v) is 5.17. The number of nitrogens with zero attached hydrogens (tertiary/aromatic N) is 1. The van der Waals surface area contributed by atoms with Gasteiger partial charge in [-0.3, -0.25) is 9.59 Å². The van der Waals surface area contributed by atoms with Crippen LogP contribution < -0.4 is 16.4 Å². The van der Waals surface area contributed by atoms with Crippen LogP contribution in [-0.2, 0) is 11.0 Å². The monoisotopic (exact) mass is 486 g/mol. The predicted octanol–water partition coefficient (Wildman–Crippen LogP) is 4.47. The summed E-state index contributed by atoms with van der Waals surface area (Å²) < 4.78 is 38.8. The topological polar surface area (TPSA) is 117 Å². The van der Waals surface area contributed by atoms with Gasteiger partial charge < -0.3 is 21.5 Å². The normalized spacial score (nSPS) is 12.3. The van der Waals surface area contributed by atoms with Crippen LogP contribution in [0.3, 0.4) is 0 Å². The standard InChI is InChI=1S/C25H25F3N4O3/c1-13(2)31-23(34)20-11-16(12-30-22(20)29)19-8-7-18(9-14(19)3)32-24(35)21(33)15-5-4-6-17(10-15)25(26,27)28/h4-13,21,33H,1-3H3,(H2,29,30)(H,31,34)(H,32,35)/t21-/m0/s1. The molecule has 3 aromatic rings. The molecular formula is C25H25F3N4O3. The van der Waals surface area contributed by atoms with Crippen molar-refractivity contribution in [2.45, 2.75) is 39.1 Å². The zero-order valence-corrected chi connectivity index (χ0v) is 19.3. The zero-order chi connectivity index (χ0) is 25.9. The first-order valence-corrected chi connectivity index (χ1v) is 10.7. The number of aryl methyl sites for hydroxylation is 1. The maximum Gasteiger partial charge on any atom is 0.416 e. The summed E-state index contributed by atoms with van der Waals surface area (Å²) >= 11 is 0. The van der Waals surface area contributed by atoms with Crippen molar-refractivity contribution in [1.29, 1.82) is 0 Å². The van der Waals surface area contributed by atoms with E-state index in [1.165, 1.54) is 12.3 Å². The Morgan fingerprint density at radius 1 is 1.09 bits per heavy atom. The maximum absolute atomic E-state index is 12.9. The van der Waals surface area contributed by atoms with Crippen molar-refractivity contribution >= 4 is 23.3 Å². The Kier molecular flexibility index (Phi) is 7.45. The largest absolute Gasteiger partial charge is 0.416 e. The van der Waals surface area contributed by atoms with Gasteiger partial charge in [-0.1, -0.05) is 18.2 Å². The van der Waals surface area contributed by atoms with Crippen LogP contribution in [0.1, 0.15) is 47.0 Å². The van der Waals surface area contributed by atoms with Crippen molar-refractivity contribution < 1.29 is 27.9 Å². The third kappa shape index (κ3) is 6.15. The Morgan fingerprint density at radius 3 is 2.43 bits per heavy atom. The molecule has 35 heavy (non-hydrogen) atoms. The van der Waals surface area contributed by atoms with Crippen molar-refractivity contribution in [3.8, 4) is 11.1 Å². The molecule has 0 bridgehead atoms. The second-order valence-corrected chi connectivity index (χ2v) is 8.33. The number of carbonyl (C=O) groups excluding carboxylic acids is 2. The van der Waals surface area contributed by atoms with Crippen LogP contribution in [-0.4, -0.2) is 27.9 Å². The molecule has 0 fully saturated rings. The lowest BCUT2D eigenvalue weighted by molar-refractivity contribution is -0.138. The molecule has 0 aliphatic rings. The number of nitrogens with one attached hydrogen (secondary N) is 2. The van der Waals surface area contributed by atoms with Crippen LogP contribution in [0, 0.1) is 6.92 Å². The van der Waals surface area contributed by atoms with E-state index in [0.717, 1.165) is 29.3 Å². The number of nitrogen functional groups attached to an aromatic ring is 1. The number of pyridine rings is 1. The number of amides is 2. The van der Waals surface area contributed by atoms with E-state index in [9.17, 15) is 27.9 Å². The lowest BCUT2D eigenvalue weighted by Gasteiger charge is -2.15. The molecule has 0 unspecified atom stereocenters. The first-order valence-electron chi connectivity index (χ1n) is 10.7. The Hall–Kier alpha value is -3.92. The zero-order valence-electron chi connectivity index (χ0n) is 19.3. The van der Waals surface area contributed by atoms with E-state index >= 15 is 0 Å². The average molecular weight is 486 g/mol. The summed E-state index contributed by atoms with van der Waals surface area (Å²) in [4.78, 5) is 29.0. The molecule has 2 aromatic carbocycles. The van der Waals surface area contributed by atoms with E-state index in [2.05, 4.69) is 15.6 Å². The summed E-state index contributed by atoms with van der Waals surface area (Å²) in [5, 5.41) is 15.6. The predicted molar refractivity (Wildman–Crippen MR) is 126 cm³/mol. The first-order chi connectivity index (χ1) is 16.4. The molecule has 0 saturated heterocycles. The fourth-order valence-electron chi connectivity index (χ4n) is 3.46. The minimum absolute atomic E-state index is 0.0820. The molecular weight excluding hydrogens is 461 g/mol. The van der Waals surface area contributed by atoms with E-state index in [1.54, 1.807) is 31.2 Å². The molecule has 0 radical (unpaired) electrons. The van der Waals surface area contributed by atoms with Gasteiger partial charge in [0.2, 0.25) is 0 Å². The minimum atomic E-state index is -4.59. The molecule has 1 atom stereocenters. The maximum atomic E-state index is 12.9. The van der Waals surface area contributed by atoms with Crippen molar-refractivity contribution in [1.82, 2.24) is 10.3 Å². The second kappa shape index (κ2) is 10.1. The van der Waals surface area contributed by atoms with E-state index in [1.807, 2.05) is 13.8 Å². The summed E-state index contributed by atoms with van der Waals surface area (Å²) in [6.07, 6.45) is -4.86. The molecule has 0 aliphatic carbocycles. The Labute approximate surface area is 200 Å². The number of halogens is 3. The van der Waals surface area contributed by atoms with Gasteiger partial charge in [-0.05, 0) is 67.8 Å². The van der Waals surface area contributed by atoms with Gasteiger partial charge in [-0.2, -0.15) is 13.2 Å². The quantitative estimate of drug-likeness (QED) is 0.410. The van der Waals surface area contributed by atoms with Crippen molar-refractivity contribution in [3.63, 3.8) is 0 Å². The van der Waals surface area contributed by atoms with Crippen LogP contribution in [0.2, 0.25) is 0 Å². The van der Waals surface area contributed by atoms with Crippen molar-refractivity contribution in [3.05, 3.63) is 77.0 Å². The molecule has 10 heteroatoms. The fraction of sp³-hybridized carbons (Fsp3) is 0.240. The number of benzene rings is 2. The van der Waals surface area contributed by atoms with Crippen LogP contribution in [0.5, 0.6) is 0 Å². The Balaban J connectivity index is 1.80. The number of anilines is 2. The highest BCUT2D eigenvalue weighted by Crippen LogP contribution is 2.31. The lowest BCUT2D eigenvalue weighted by atomic mass is 9.99. The summed E-state index contributed by atoms with van der Waals surface area (Å²) in [6.45, 7) is 5.43. The van der Waals surface area contributed by atoms with E-state index in [4.69, 9.17) is 5.73 Å². The van der Waals surface area contributed by atoms with E-state index in [-0.39, 0.29) is 28.9 Å². The molecule has 184 valence electrons. The van der Waals surface area contributed by atoms with Gasteiger partial charge in [0, 0.05) is 23.5 Å². The summed E-state index contributed by atoms with van der Waals surface area (Å²) in [7, 11) is 0. The molecule has 0 aliphatic heterocycles. The fourth-order valence-corrected chi connectivity index (χ4v) is 3.46. The number of alkyl halides is 3. The number of hydrogen-bond donors (Lipinski definition) is 4. The Bertz CT molecular complexity index is 1260. The molecule has 1 heterocycles. The molecule has 0 spiro atoms. The summed E-state index contributed by atoms with van der Waals surface area (Å²) in [5.74, 6) is -1.13. The van der Waals surface area contributed by atoms with Gasteiger partial charge in [-0.25, -0.2) is 4.98 Å². The van der Waals surface area contributed by atoms with Crippen LogP contribution in [0.4, 0.5) is 24.7 Å². The summed E-state index contributed by atoms with van der Waals surface area (Å²) in [5.41, 5.74) is 7.38. The van der Waals surface area contributed by atoms with Crippen molar-refractivity contribution in [2.75, 3.05) is 11.1 Å². The first kappa shape index (κ1) is 25.7. The van der Waals surface area contributed by atoms with Gasteiger partial charge in [0.1, 0.15) is 5.82 Å². The highest BCUT2D eigenvalue weighted by atomic mass is 19.4. The van der Waals surface area contributed by atoms with Crippen LogP contribution in [0.25, 0.3) is 11.1 Å². The third-order valence-electron chi connectivity index (χ3n) is 5.17. The lowest BCUT2D eigenvalue weighted by Crippen LogP contribution is -2.30. The van der Waals surface area contributed by atoms with Gasteiger partial charge in [0.15, 0.2) is 6.10 Å². The highest BCUT2D eigenvalue weighted by molar-refractivity contribution is 6.00. The smallest absolute Gasteiger partial charge is 0.383 e. The second-order valence-electron chi connectivity index (χ2n) is 8.33. The number of carbonyl (C=O) groups is 2. The molecule has 3 rings (SSSR count). The van der Waals surface area contributed by atoms with Gasteiger partial charge in [0.05, 0.1) is 11.1 Å². The van der Waals surface area contributed by atoms with Crippen LogP contribution >= 0.6 is 0 Å². The molecule has 1 aromatic heterocycles. The minimum Gasteiger partial charge on any atom is -0.383 e. The number of nitrogens with two attached hydrogens (primary N) is 1. The number of aromatic nitrogens is 1. The number of aliphatic hydroxyl groups excluding tert-OH is 1. The number of hydrogen-bond acceptors (Lipinski definition) is 5.